The van der Waals surface area contributed by atoms with Crippen molar-refractivity contribution in [2.24, 2.45) is 0 Å². The van der Waals surface area contributed by atoms with Crippen LogP contribution in [0.3, 0.4) is 0 Å². The van der Waals surface area contributed by atoms with E-state index < -0.39 is 0 Å². The fraction of sp³-hybridized carbons (Fsp3) is 0.294. The van der Waals surface area contributed by atoms with E-state index in [1.165, 1.54) is 5.56 Å². The fourth-order valence-corrected chi connectivity index (χ4v) is 2.77. The normalized spacial score (nSPS) is 10.6. The molecule has 0 saturated carbocycles. The van der Waals surface area contributed by atoms with Gasteiger partial charge in [-0.1, -0.05) is 47.1 Å². The molecule has 2 rings (SSSR count). The van der Waals surface area contributed by atoms with Gasteiger partial charge in [-0.25, -0.2) is 0 Å². The summed E-state index contributed by atoms with van der Waals surface area (Å²) in [7, 11) is 0. The lowest BCUT2D eigenvalue weighted by atomic mass is 10.1. The zero-order chi connectivity index (χ0) is 14.5. The first-order valence-electron chi connectivity index (χ1n) is 6.74. The van der Waals surface area contributed by atoms with E-state index in [1.54, 1.807) is 0 Å². The van der Waals surface area contributed by atoms with Gasteiger partial charge in [0.15, 0.2) is 0 Å². The predicted octanol–water partition coefficient (Wildman–Crippen LogP) is 4.39. The molecule has 0 fully saturated rings. The van der Waals surface area contributed by atoms with E-state index in [-0.39, 0.29) is 6.61 Å². The van der Waals surface area contributed by atoms with Gasteiger partial charge in [0.25, 0.3) is 0 Å². The summed E-state index contributed by atoms with van der Waals surface area (Å²) in [5.41, 5.74) is 4.29. The summed E-state index contributed by atoms with van der Waals surface area (Å²) in [5.74, 6) is 0.773. The molecule has 1 N–H and O–H groups in total. The SMILES string of the molecule is CCc1ccc(COc2c(C)cc(Br)cc2CO)cc1. The standard InChI is InChI=1S/C17H19BrO2/c1-3-13-4-6-14(7-5-13)11-20-17-12(2)8-16(18)9-15(17)10-19/h4-9,19H,3,10-11H2,1-2H3. The Bertz CT molecular complexity index is 576. The Kier molecular flexibility index (Phi) is 5.21. The average molecular weight is 335 g/mol. The minimum atomic E-state index is -0.0234. The molecule has 20 heavy (non-hydrogen) atoms. The first-order chi connectivity index (χ1) is 9.63. The largest absolute Gasteiger partial charge is 0.488 e. The van der Waals surface area contributed by atoms with Crippen LogP contribution in [-0.4, -0.2) is 5.11 Å². The predicted molar refractivity (Wildman–Crippen MR) is 85.0 cm³/mol. The lowest BCUT2D eigenvalue weighted by molar-refractivity contribution is 0.258. The van der Waals surface area contributed by atoms with Crippen LogP contribution in [0.25, 0.3) is 0 Å². The Hall–Kier alpha value is -1.32. The molecule has 106 valence electrons. The molecule has 0 bridgehead atoms. The highest BCUT2D eigenvalue weighted by Crippen LogP contribution is 2.28. The molecule has 0 aromatic heterocycles. The maximum absolute atomic E-state index is 9.43. The molecule has 0 aliphatic heterocycles. The van der Waals surface area contributed by atoms with Crippen LogP contribution in [-0.2, 0) is 19.6 Å². The number of ether oxygens (including phenoxy) is 1. The summed E-state index contributed by atoms with van der Waals surface area (Å²) in [6, 6.07) is 12.3. The lowest BCUT2D eigenvalue weighted by Gasteiger charge is -2.14. The molecule has 0 aliphatic rings. The van der Waals surface area contributed by atoms with Crippen LogP contribution in [0.2, 0.25) is 0 Å². The summed E-state index contributed by atoms with van der Waals surface area (Å²) >= 11 is 3.43. The number of benzene rings is 2. The van der Waals surface area contributed by atoms with E-state index in [1.807, 2.05) is 19.1 Å². The van der Waals surface area contributed by atoms with Crippen LogP contribution in [0.4, 0.5) is 0 Å². The molecule has 0 amide bonds. The van der Waals surface area contributed by atoms with Gasteiger partial charge in [-0.15, -0.1) is 0 Å². The third kappa shape index (κ3) is 3.62. The van der Waals surface area contributed by atoms with Crippen molar-refractivity contribution in [2.75, 3.05) is 0 Å². The number of aryl methyl sites for hydroxylation is 2. The van der Waals surface area contributed by atoms with Crippen LogP contribution >= 0.6 is 15.9 Å². The maximum Gasteiger partial charge on any atom is 0.128 e. The summed E-state index contributed by atoms with van der Waals surface area (Å²) in [4.78, 5) is 0. The quantitative estimate of drug-likeness (QED) is 0.878. The second-order valence-corrected chi connectivity index (χ2v) is 5.74. The first-order valence-corrected chi connectivity index (χ1v) is 7.53. The van der Waals surface area contributed by atoms with E-state index in [0.29, 0.717) is 6.61 Å². The lowest BCUT2D eigenvalue weighted by Crippen LogP contribution is -2.01. The molecule has 2 aromatic carbocycles. The van der Waals surface area contributed by atoms with Crippen molar-refractivity contribution < 1.29 is 9.84 Å². The van der Waals surface area contributed by atoms with E-state index in [2.05, 4.69) is 47.1 Å². The maximum atomic E-state index is 9.43. The van der Waals surface area contributed by atoms with Crippen molar-refractivity contribution in [3.05, 3.63) is 63.1 Å². The number of aliphatic hydroxyl groups excluding tert-OH is 1. The van der Waals surface area contributed by atoms with E-state index in [4.69, 9.17) is 4.74 Å². The Morgan fingerprint density at radius 3 is 2.35 bits per heavy atom. The number of aliphatic hydroxyl groups is 1. The Morgan fingerprint density at radius 2 is 1.75 bits per heavy atom. The van der Waals surface area contributed by atoms with Crippen LogP contribution < -0.4 is 4.74 Å². The van der Waals surface area contributed by atoms with E-state index >= 15 is 0 Å². The Labute approximate surface area is 128 Å². The van der Waals surface area contributed by atoms with Crippen molar-refractivity contribution >= 4 is 15.9 Å². The summed E-state index contributed by atoms with van der Waals surface area (Å²) in [5, 5.41) is 9.43. The van der Waals surface area contributed by atoms with Gasteiger partial charge in [-0.2, -0.15) is 0 Å². The zero-order valence-electron chi connectivity index (χ0n) is 11.8. The number of hydrogen-bond acceptors (Lipinski definition) is 2. The van der Waals surface area contributed by atoms with Gasteiger partial charge in [0.2, 0.25) is 0 Å². The van der Waals surface area contributed by atoms with Gasteiger partial charge in [-0.3, -0.25) is 0 Å². The summed E-state index contributed by atoms with van der Waals surface area (Å²) < 4.78 is 6.85. The van der Waals surface area contributed by atoms with Crippen molar-refractivity contribution in [1.82, 2.24) is 0 Å². The average Bonchev–Trinajstić information content (AvgIpc) is 2.46. The van der Waals surface area contributed by atoms with Crippen LogP contribution in [0.1, 0.15) is 29.2 Å². The highest BCUT2D eigenvalue weighted by atomic mass is 79.9. The fourth-order valence-electron chi connectivity index (χ4n) is 2.15. The number of hydrogen-bond donors (Lipinski definition) is 1. The van der Waals surface area contributed by atoms with Gasteiger partial charge >= 0.3 is 0 Å². The van der Waals surface area contributed by atoms with Gasteiger partial charge in [0.1, 0.15) is 12.4 Å². The Balaban J connectivity index is 2.13. The molecule has 3 heteroatoms. The van der Waals surface area contributed by atoms with Crippen LogP contribution in [0.15, 0.2) is 40.9 Å². The van der Waals surface area contributed by atoms with Crippen molar-refractivity contribution in [3.8, 4) is 5.75 Å². The summed E-state index contributed by atoms with van der Waals surface area (Å²) in [6.45, 7) is 4.62. The number of halogens is 1. The smallest absolute Gasteiger partial charge is 0.128 e. The molecule has 0 unspecified atom stereocenters. The second-order valence-electron chi connectivity index (χ2n) is 4.83. The van der Waals surface area contributed by atoms with E-state index in [0.717, 1.165) is 33.3 Å². The second kappa shape index (κ2) is 6.91. The van der Waals surface area contributed by atoms with Gasteiger partial charge in [-0.05, 0) is 42.2 Å². The highest BCUT2D eigenvalue weighted by Gasteiger charge is 2.08. The third-order valence-electron chi connectivity index (χ3n) is 3.30. The third-order valence-corrected chi connectivity index (χ3v) is 3.76. The van der Waals surface area contributed by atoms with Gasteiger partial charge in [0.05, 0.1) is 6.61 Å². The minimum Gasteiger partial charge on any atom is -0.488 e. The molecular formula is C17H19BrO2. The molecule has 0 aliphatic carbocycles. The molecule has 0 spiro atoms. The Morgan fingerprint density at radius 1 is 1.10 bits per heavy atom. The molecule has 0 radical (unpaired) electrons. The van der Waals surface area contributed by atoms with Gasteiger partial charge in [0, 0.05) is 10.0 Å². The van der Waals surface area contributed by atoms with Crippen molar-refractivity contribution in [1.29, 1.82) is 0 Å². The van der Waals surface area contributed by atoms with E-state index in [9.17, 15) is 5.11 Å². The monoisotopic (exact) mass is 334 g/mol. The molecule has 2 nitrogen and oxygen atoms in total. The number of rotatable bonds is 5. The van der Waals surface area contributed by atoms with Crippen molar-refractivity contribution in [2.45, 2.75) is 33.5 Å². The van der Waals surface area contributed by atoms with Crippen LogP contribution in [0.5, 0.6) is 5.75 Å². The molecule has 2 aromatic rings. The topological polar surface area (TPSA) is 29.5 Å². The first kappa shape index (κ1) is 15.1. The highest BCUT2D eigenvalue weighted by molar-refractivity contribution is 9.10. The molecule has 0 atom stereocenters. The van der Waals surface area contributed by atoms with Crippen LogP contribution in [0, 0.1) is 6.92 Å². The molecule has 0 saturated heterocycles. The van der Waals surface area contributed by atoms with Gasteiger partial charge < -0.3 is 9.84 Å². The minimum absolute atomic E-state index is 0.0234. The van der Waals surface area contributed by atoms with Crippen molar-refractivity contribution in [3.63, 3.8) is 0 Å². The summed E-state index contributed by atoms with van der Waals surface area (Å²) in [6.07, 6.45) is 1.04. The molecule has 0 heterocycles. The molecular weight excluding hydrogens is 316 g/mol. The zero-order valence-corrected chi connectivity index (χ0v) is 13.4.